The lowest BCUT2D eigenvalue weighted by atomic mass is 10.0. The number of aliphatic hydroxyl groups is 1. The third kappa shape index (κ3) is 4.29. The fourth-order valence-corrected chi connectivity index (χ4v) is 0.617. The predicted molar refractivity (Wildman–Crippen MR) is 36.5 cm³/mol. The van der Waals surface area contributed by atoms with Crippen molar-refractivity contribution < 1.29 is 15.0 Å². The zero-order valence-electron chi connectivity index (χ0n) is 7.13. The van der Waals surface area contributed by atoms with Crippen molar-refractivity contribution in [1.82, 2.24) is 0 Å². The van der Waals surface area contributed by atoms with Gasteiger partial charge in [-0.1, -0.05) is 0 Å². The quantitative estimate of drug-likeness (QED) is 0.504. The Morgan fingerprint density at radius 2 is 2.40 bits per heavy atom. The van der Waals surface area contributed by atoms with Gasteiger partial charge >= 0.3 is 5.97 Å². The Balaban J connectivity index is 3.93. The van der Waals surface area contributed by atoms with Crippen LogP contribution in [0, 0.1) is 0 Å². The molecule has 0 aliphatic carbocycles. The van der Waals surface area contributed by atoms with Crippen molar-refractivity contribution in [3.05, 3.63) is 0 Å². The Bertz CT molecular complexity index is 149. The first-order chi connectivity index (χ1) is 4.89. The maximum absolute atomic E-state index is 10.3. The van der Waals surface area contributed by atoms with Crippen molar-refractivity contribution in [3.8, 4) is 0 Å². The Labute approximate surface area is 61.1 Å². The van der Waals surface area contributed by atoms with Gasteiger partial charge in [0.05, 0.1) is 5.60 Å². The number of aliphatic carboxylic acids is 1. The molecule has 0 heterocycles. The number of carboxylic acid groups (broad SMARTS) is 1. The molecule has 0 spiro atoms. The maximum atomic E-state index is 10.3. The van der Waals surface area contributed by atoms with Crippen LogP contribution in [0.2, 0.25) is 0 Å². The summed E-state index contributed by atoms with van der Waals surface area (Å²) in [5.74, 6) is -1.07. The van der Waals surface area contributed by atoms with Crippen LogP contribution in [0.3, 0.4) is 0 Å². The molecule has 4 heteroatoms. The van der Waals surface area contributed by atoms with E-state index in [1.165, 1.54) is 0 Å². The molecule has 0 aliphatic rings. The molecule has 0 saturated heterocycles. The molecule has 0 fully saturated rings. The molecule has 0 rings (SSSR count). The average molecular weight is 148 g/mol. The molecule has 0 aliphatic heterocycles. The van der Waals surface area contributed by atoms with Crippen molar-refractivity contribution in [3.63, 3.8) is 0 Å². The van der Waals surface area contributed by atoms with E-state index in [1.54, 1.807) is 13.8 Å². The normalized spacial score (nSPS) is 16.1. The fraction of sp³-hybridized carbons (Fsp3) is 0.833. The molecular formula is C6H13NO3. The summed E-state index contributed by atoms with van der Waals surface area (Å²) >= 11 is 0. The highest BCUT2D eigenvalue weighted by molar-refractivity contribution is 5.73. The molecule has 0 unspecified atom stereocenters. The second-order valence-corrected chi connectivity index (χ2v) is 2.91. The van der Waals surface area contributed by atoms with Gasteiger partial charge in [0.1, 0.15) is 6.04 Å². The Morgan fingerprint density at radius 3 is 2.70 bits per heavy atom. The van der Waals surface area contributed by atoms with Gasteiger partial charge in [0.25, 0.3) is 0 Å². The summed E-state index contributed by atoms with van der Waals surface area (Å²) in [7, 11) is 0. The third-order valence-electron chi connectivity index (χ3n) is 1.03. The van der Waals surface area contributed by atoms with Crippen molar-refractivity contribution in [2.45, 2.75) is 31.9 Å². The number of rotatable bonds is 4. The summed E-state index contributed by atoms with van der Waals surface area (Å²) in [6, 6.07) is -0.963. The van der Waals surface area contributed by atoms with E-state index in [4.69, 9.17) is 12.3 Å². The average Bonchev–Trinajstić information content (AvgIpc) is 1.87. The first-order valence-corrected chi connectivity index (χ1v) is 3.02. The first kappa shape index (κ1) is 7.50. The summed E-state index contributed by atoms with van der Waals surface area (Å²) in [5, 5.41) is 12.7. The van der Waals surface area contributed by atoms with Crippen LogP contribution in [0.25, 0.3) is 0 Å². The van der Waals surface area contributed by atoms with Gasteiger partial charge in [0.2, 0.25) is 1.43 Å². The summed E-state index contributed by atoms with van der Waals surface area (Å²) in [6.07, 6.45) is 0.131. The first-order valence-electron chi connectivity index (χ1n) is 3.42. The number of hydrogen-bond acceptors (Lipinski definition) is 3. The molecule has 4 N–H and O–H groups in total. The largest absolute Gasteiger partial charge is 0.480 e. The minimum absolute atomic E-state index is 0.131. The van der Waals surface area contributed by atoms with Crippen molar-refractivity contribution >= 4 is 5.97 Å². The molecule has 0 aromatic rings. The van der Waals surface area contributed by atoms with Crippen molar-refractivity contribution in [2.24, 2.45) is 5.73 Å². The highest BCUT2D eigenvalue weighted by atomic mass is 16.4. The third-order valence-corrected chi connectivity index (χ3v) is 1.03. The summed E-state index contributed by atoms with van der Waals surface area (Å²) in [5.41, 5.74) is 4.42. The van der Waals surface area contributed by atoms with Crippen molar-refractivity contribution in [2.75, 3.05) is 0 Å². The molecule has 4 nitrogen and oxygen atoms in total. The Kier molecular flexibility index (Phi) is 2.24. The lowest BCUT2D eigenvalue weighted by Gasteiger charge is -2.18. The van der Waals surface area contributed by atoms with E-state index < -0.39 is 17.6 Å². The monoisotopic (exact) mass is 148 g/mol. The number of carboxylic acids is 1. The van der Waals surface area contributed by atoms with Gasteiger partial charge in [0, 0.05) is 6.42 Å². The second kappa shape index (κ2) is 2.98. The summed E-state index contributed by atoms with van der Waals surface area (Å²) in [4.78, 5) is 10.3. The van der Waals surface area contributed by atoms with Gasteiger partial charge in [-0.15, -0.1) is 0 Å². The standard InChI is InChI=1S/C6H13NO3/c1-6(2,10)3-4(7)5(8)9/h4,10H,3,7H2,1-2H3,(H,8,9)/t4-/m0/s1/i10D. The van der Waals surface area contributed by atoms with Crippen LogP contribution in [0.4, 0.5) is 0 Å². The highest BCUT2D eigenvalue weighted by Crippen LogP contribution is 2.08. The zero-order chi connectivity index (χ0) is 9.07. The Hall–Kier alpha value is -0.610. The molecule has 0 aromatic carbocycles. The minimum Gasteiger partial charge on any atom is -0.480 e. The molecule has 10 heavy (non-hydrogen) atoms. The van der Waals surface area contributed by atoms with Gasteiger partial charge in [-0.3, -0.25) is 4.79 Å². The highest BCUT2D eigenvalue weighted by Gasteiger charge is 2.21. The number of hydrogen-bond donors (Lipinski definition) is 3. The lowest BCUT2D eigenvalue weighted by molar-refractivity contribution is -0.140. The van der Waals surface area contributed by atoms with E-state index >= 15 is 0 Å². The van der Waals surface area contributed by atoms with E-state index in [0.717, 1.165) is 0 Å². The van der Waals surface area contributed by atoms with Gasteiger partial charge in [0.15, 0.2) is 0 Å². The molecule has 0 saturated carbocycles. The summed E-state index contributed by atoms with van der Waals surface area (Å²) in [6.45, 7) is 3.23. The number of carbonyl (C=O) groups is 1. The SMILES string of the molecule is [2H]OC(C)(C)C[C@H](N)C(=O)O. The summed E-state index contributed by atoms with van der Waals surface area (Å²) < 4.78 is 6.59. The number of nitrogens with two attached hydrogens (primary N) is 1. The minimum atomic E-state index is -1.07. The predicted octanol–water partition coefficient (Wildman–Crippen LogP) is -0.441. The van der Waals surface area contributed by atoms with Crippen molar-refractivity contribution in [1.29, 1.82) is 1.43 Å². The molecule has 0 radical (unpaired) electrons. The van der Waals surface area contributed by atoms with E-state index in [2.05, 4.69) is 5.11 Å². The van der Waals surface area contributed by atoms with Crippen LogP contribution in [-0.2, 0) is 4.79 Å². The van der Waals surface area contributed by atoms with E-state index in [9.17, 15) is 4.79 Å². The van der Waals surface area contributed by atoms with Crippen LogP contribution in [0.5, 0.6) is 0 Å². The van der Waals surface area contributed by atoms with E-state index in [1.807, 2.05) is 0 Å². The van der Waals surface area contributed by atoms with Crippen LogP contribution in [0.1, 0.15) is 20.3 Å². The smallest absolute Gasteiger partial charge is 0.320 e. The molecule has 60 valence electrons. The van der Waals surface area contributed by atoms with Crippen LogP contribution >= 0.6 is 0 Å². The molecule has 0 amide bonds. The van der Waals surface area contributed by atoms with Crippen LogP contribution in [-0.4, -0.2) is 29.3 Å². The fourth-order valence-electron chi connectivity index (χ4n) is 0.617. The molecular weight excluding hydrogens is 134 g/mol. The molecule has 0 aromatic heterocycles. The second-order valence-electron chi connectivity index (χ2n) is 2.91. The van der Waals surface area contributed by atoms with Crippen LogP contribution in [0.15, 0.2) is 0 Å². The lowest BCUT2D eigenvalue weighted by Crippen LogP contribution is -2.37. The molecule has 1 atom stereocenters. The van der Waals surface area contributed by atoms with Crippen LogP contribution < -0.4 is 5.73 Å². The topological polar surface area (TPSA) is 83.5 Å². The Morgan fingerprint density at radius 1 is 1.90 bits per heavy atom. The molecule has 0 bridgehead atoms. The van der Waals surface area contributed by atoms with E-state index in [-0.39, 0.29) is 6.42 Å². The van der Waals surface area contributed by atoms with Gasteiger partial charge in [-0.05, 0) is 13.8 Å². The van der Waals surface area contributed by atoms with Gasteiger partial charge < -0.3 is 15.9 Å². The maximum Gasteiger partial charge on any atom is 0.320 e. The van der Waals surface area contributed by atoms with Gasteiger partial charge in [-0.25, -0.2) is 0 Å². The van der Waals surface area contributed by atoms with Gasteiger partial charge in [-0.2, -0.15) is 0 Å². The zero-order valence-corrected chi connectivity index (χ0v) is 6.13. The van der Waals surface area contributed by atoms with E-state index in [0.29, 0.717) is 0 Å².